The van der Waals surface area contributed by atoms with Crippen LogP contribution in [0.2, 0.25) is 0 Å². The van der Waals surface area contributed by atoms with Crippen LogP contribution in [0.4, 0.5) is 11.4 Å². The topological polar surface area (TPSA) is 109 Å². The van der Waals surface area contributed by atoms with Gasteiger partial charge in [-0.1, -0.05) is 0 Å². The summed E-state index contributed by atoms with van der Waals surface area (Å²) < 4.78 is 15.5. The maximum absolute atomic E-state index is 10.7. The molecule has 0 aliphatic carbocycles. The first-order valence-corrected chi connectivity index (χ1v) is 6.07. The molecule has 8 nitrogen and oxygen atoms in total. The van der Waals surface area contributed by atoms with Gasteiger partial charge in [0.15, 0.2) is 0 Å². The van der Waals surface area contributed by atoms with Crippen molar-refractivity contribution in [2.45, 2.75) is 6.61 Å². The molecule has 0 aliphatic rings. The number of benzene rings is 1. The van der Waals surface area contributed by atoms with Gasteiger partial charge in [0.05, 0.1) is 38.0 Å². The Balaban J connectivity index is 2.35. The van der Waals surface area contributed by atoms with Gasteiger partial charge in [0, 0.05) is 13.2 Å². The first-order chi connectivity index (χ1) is 9.69. The predicted molar refractivity (Wildman–Crippen MR) is 73.3 cm³/mol. The molecule has 1 aromatic rings. The van der Waals surface area contributed by atoms with E-state index in [9.17, 15) is 10.1 Å². The number of methoxy groups -OCH3 is 1. The van der Waals surface area contributed by atoms with E-state index in [-0.39, 0.29) is 11.4 Å². The standard InChI is InChI=1S/C12H19N3O5/c1-18-4-5-19-6-7-20-9-10-2-3-12(15(16)17)11(8-10)14-13/h2-3,8,14H,4-7,9,13H2,1H3. The van der Waals surface area contributed by atoms with E-state index in [1.807, 2.05) is 0 Å². The van der Waals surface area contributed by atoms with Crippen molar-refractivity contribution in [2.24, 2.45) is 5.84 Å². The summed E-state index contributed by atoms with van der Waals surface area (Å²) in [4.78, 5) is 10.2. The number of nitrogen functional groups attached to an aromatic ring is 1. The minimum Gasteiger partial charge on any atom is -0.382 e. The summed E-state index contributed by atoms with van der Waals surface area (Å²) in [5.74, 6) is 5.25. The highest BCUT2D eigenvalue weighted by Crippen LogP contribution is 2.24. The molecule has 8 heteroatoms. The van der Waals surface area contributed by atoms with Crippen LogP contribution >= 0.6 is 0 Å². The van der Waals surface area contributed by atoms with Gasteiger partial charge in [-0.2, -0.15) is 0 Å². The van der Waals surface area contributed by atoms with Gasteiger partial charge < -0.3 is 19.6 Å². The van der Waals surface area contributed by atoms with Crippen LogP contribution in [0.15, 0.2) is 18.2 Å². The number of nitro benzene ring substituents is 1. The molecular weight excluding hydrogens is 266 g/mol. The summed E-state index contributed by atoms with van der Waals surface area (Å²) in [5, 5.41) is 10.7. The zero-order chi connectivity index (χ0) is 14.8. The maximum Gasteiger partial charge on any atom is 0.293 e. The lowest BCUT2D eigenvalue weighted by Gasteiger charge is -2.07. The molecule has 0 fully saturated rings. The number of anilines is 1. The smallest absolute Gasteiger partial charge is 0.293 e. The Bertz CT molecular complexity index is 428. The fraction of sp³-hybridized carbons (Fsp3) is 0.500. The van der Waals surface area contributed by atoms with Crippen LogP contribution in [-0.4, -0.2) is 38.5 Å². The molecule has 0 spiro atoms. The Kier molecular flexibility index (Phi) is 7.51. The molecule has 1 aromatic carbocycles. The first kappa shape index (κ1) is 16.3. The van der Waals surface area contributed by atoms with Crippen molar-refractivity contribution in [3.63, 3.8) is 0 Å². The van der Waals surface area contributed by atoms with Crippen LogP contribution in [-0.2, 0) is 20.8 Å². The number of nitrogens with one attached hydrogen (secondary N) is 1. The quantitative estimate of drug-likeness (QED) is 0.286. The normalized spacial score (nSPS) is 10.5. The molecule has 3 N–H and O–H groups in total. The third-order valence-corrected chi connectivity index (χ3v) is 2.49. The maximum atomic E-state index is 10.7. The summed E-state index contributed by atoms with van der Waals surface area (Å²) in [5.41, 5.74) is 3.28. The van der Waals surface area contributed by atoms with E-state index in [1.54, 1.807) is 19.2 Å². The van der Waals surface area contributed by atoms with Crippen molar-refractivity contribution in [3.8, 4) is 0 Å². The molecule has 0 bridgehead atoms. The Morgan fingerprint density at radius 2 is 1.95 bits per heavy atom. The Labute approximate surface area is 116 Å². The second-order valence-electron chi connectivity index (χ2n) is 3.91. The second kappa shape index (κ2) is 9.21. The summed E-state index contributed by atoms with van der Waals surface area (Å²) in [7, 11) is 1.61. The Morgan fingerprint density at radius 1 is 1.25 bits per heavy atom. The van der Waals surface area contributed by atoms with Gasteiger partial charge in [-0.05, 0) is 17.7 Å². The van der Waals surface area contributed by atoms with Crippen LogP contribution in [0, 0.1) is 10.1 Å². The van der Waals surface area contributed by atoms with Gasteiger partial charge >= 0.3 is 0 Å². The number of rotatable bonds is 10. The van der Waals surface area contributed by atoms with Gasteiger partial charge in [0.2, 0.25) is 0 Å². The van der Waals surface area contributed by atoms with Crippen LogP contribution in [0.3, 0.4) is 0 Å². The molecule has 112 valence electrons. The molecule has 0 atom stereocenters. The van der Waals surface area contributed by atoms with Gasteiger partial charge in [-0.3, -0.25) is 16.0 Å². The van der Waals surface area contributed by atoms with Crippen molar-refractivity contribution in [2.75, 3.05) is 39.0 Å². The molecule has 0 heterocycles. The highest BCUT2D eigenvalue weighted by molar-refractivity contribution is 5.61. The lowest BCUT2D eigenvalue weighted by atomic mass is 10.2. The fourth-order valence-electron chi connectivity index (χ4n) is 1.50. The van der Waals surface area contributed by atoms with Gasteiger partial charge in [-0.15, -0.1) is 0 Å². The SMILES string of the molecule is COCCOCCOCc1ccc([N+](=O)[O-])c(NN)c1. The number of nitrogens with two attached hydrogens (primary N) is 1. The van der Waals surface area contributed by atoms with Crippen molar-refractivity contribution >= 4 is 11.4 Å². The average molecular weight is 285 g/mol. The molecule has 0 saturated carbocycles. The fourth-order valence-corrected chi connectivity index (χ4v) is 1.50. The third kappa shape index (κ3) is 5.49. The number of nitro groups is 1. The Hall–Kier alpha value is -1.74. The summed E-state index contributed by atoms with van der Waals surface area (Å²) >= 11 is 0. The van der Waals surface area contributed by atoms with E-state index >= 15 is 0 Å². The lowest BCUT2D eigenvalue weighted by molar-refractivity contribution is -0.384. The van der Waals surface area contributed by atoms with E-state index in [0.29, 0.717) is 33.0 Å². The van der Waals surface area contributed by atoms with Crippen LogP contribution in [0.25, 0.3) is 0 Å². The van der Waals surface area contributed by atoms with E-state index < -0.39 is 4.92 Å². The average Bonchev–Trinajstić information content (AvgIpc) is 2.45. The van der Waals surface area contributed by atoms with Crippen LogP contribution in [0.5, 0.6) is 0 Å². The minimum absolute atomic E-state index is 0.0702. The van der Waals surface area contributed by atoms with Crippen LogP contribution < -0.4 is 11.3 Å². The van der Waals surface area contributed by atoms with Crippen molar-refractivity contribution in [1.29, 1.82) is 0 Å². The molecule has 0 aliphatic heterocycles. The number of nitrogens with zero attached hydrogens (tertiary/aromatic N) is 1. The largest absolute Gasteiger partial charge is 0.382 e. The minimum atomic E-state index is -0.497. The van der Waals surface area contributed by atoms with Crippen molar-refractivity contribution in [3.05, 3.63) is 33.9 Å². The molecule has 20 heavy (non-hydrogen) atoms. The van der Waals surface area contributed by atoms with Crippen molar-refractivity contribution in [1.82, 2.24) is 0 Å². The zero-order valence-electron chi connectivity index (χ0n) is 11.3. The van der Waals surface area contributed by atoms with Gasteiger partial charge in [0.25, 0.3) is 5.69 Å². The monoisotopic (exact) mass is 285 g/mol. The van der Waals surface area contributed by atoms with E-state index in [0.717, 1.165) is 5.56 Å². The highest BCUT2D eigenvalue weighted by Gasteiger charge is 2.12. The third-order valence-electron chi connectivity index (χ3n) is 2.49. The zero-order valence-corrected chi connectivity index (χ0v) is 11.3. The molecule has 0 saturated heterocycles. The van der Waals surface area contributed by atoms with Gasteiger partial charge in [-0.25, -0.2) is 0 Å². The molecule has 0 aromatic heterocycles. The van der Waals surface area contributed by atoms with Crippen LogP contribution in [0.1, 0.15) is 5.56 Å². The number of ether oxygens (including phenoxy) is 3. The van der Waals surface area contributed by atoms with E-state index in [1.165, 1.54) is 6.07 Å². The molecule has 0 unspecified atom stereocenters. The van der Waals surface area contributed by atoms with E-state index in [4.69, 9.17) is 20.1 Å². The van der Waals surface area contributed by atoms with Crippen molar-refractivity contribution < 1.29 is 19.1 Å². The molecule has 0 amide bonds. The molecule has 0 radical (unpaired) electrons. The van der Waals surface area contributed by atoms with E-state index in [2.05, 4.69) is 5.43 Å². The molecule has 1 rings (SSSR count). The lowest BCUT2D eigenvalue weighted by Crippen LogP contribution is -2.10. The summed E-state index contributed by atoms with van der Waals surface area (Å²) in [6, 6.07) is 4.61. The number of hydrogen-bond acceptors (Lipinski definition) is 7. The van der Waals surface area contributed by atoms with Gasteiger partial charge in [0.1, 0.15) is 5.69 Å². The highest BCUT2D eigenvalue weighted by atomic mass is 16.6. The Morgan fingerprint density at radius 3 is 2.60 bits per heavy atom. The number of hydrazine groups is 1. The second-order valence-corrected chi connectivity index (χ2v) is 3.91. The number of hydrogen-bond donors (Lipinski definition) is 2. The summed E-state index contributed by atoms with van der Waals surface area (Å²) in [6.45, 7) is 2.32. The summed E-state index contributed by atoms with van der Waals surface area (Å²) in [6.07, 6.45) is 0. The first-order valence-electron chi connectivity index (χ1n) is 6.07. The molecular formula is C12H19N3O5. The predicted octanol–water partition coefficient (Wildman–Crippen LogP) is 1.06.